The maximum Gasteiger partial charge on any atom is 0.150 e. The molecule has 1 aliphatic carbocycles. The maximum atomic E-state index is 11.3. The Balaban J connectivity index is 1.80. The number of hydrogen-bond donors (Lipinski definition) is 1. The van der Waals surface area contributed by atoms with Crippen LogP contribution in [0.25, 0.3) is 0 Å². The van der Waals surface area contributed by atoms with Crippen LogP contribution in [0.4, 0.5) is 0 Å². The Bertz CT molecular complexity index is 334. The summed E-state index contributed by atoms with van der Waals surface area (Å²) in [7, 11) is -2.71. The minimum absolute atomic E-state index is 0.376. The minimum atomic E-state index is -2.71. The molecule has 4 heteroatoms. The van der Waals surface area contributed by atoms with E-state index in [-0.39, 0.29) is 0 Å². The lowest BCUT2D eigenvalue weighted by Crippen LogP contribution is -2.42. The number of hydrogen-bond acceptors (Lipinski definition) is 3. The van der Waals surface area contributed by atoms with Gasteiger partial charge in [-0.25, -0.2) is 8.42 Å². The van der Waals surface area contributed by atoms with Crippen LogP contribution in [0.2, 0.25) is 0 Å². The van der Waals surface area contributed by atoms with Crippen molar-refractivity contribution in [2.45, 2.75) is 58.0 Å². The van der Waals surface area contributed by atoms with E-state index in [9.17, 15) is 8.42 Å². The predicted octanol–water partition coefficient (Wildman–Crippen LogP) is 1.73. The SMILES string of the molecule is CC1(C)CCC(NC2CCS(=O)(=O)CC2)C1. The molecule has 0 bridgehead atoms. The molecule has 16 heavy (non-hydrogen) atoms. The second-order valence-corrected chi connectivity index (χ2v) is 8.50. The van der Waals surface area contributed by atoms with E-state index in [2.05, 4.69) is 19.2 Å². The molecule has 1 atom stereocenters. The fourth-order valence-corrected chi connectivity index (χ4v) is 4.46. The maximum absolute atomic E-state index is 11.3. The van der Waals surface area contributed by atoms with Gasteiger partial charge in [0.15, 0.2) is 0 Å². The molecule has 2 aliphatic rings. The van der Waals surface area contributed by atoms with Crippen LogP contribution in [0, 0.1) is 5.41 Å². The van der Waals surface area contributed by atoms with Crippen molar-refractivity contribution in [3.8, 4) is 0 Å². The fraction of sp³-hybridized carbons (Fsp3) is 1.00. The zero-order valence-electron chi connectivity index (χ0n) is 10.3. The van der Waals surface area contributed by atoms with Crippen molar-refractivity contribution in [1.29, 1.82) is 0 Å². The molecule has 0 radical (unpaired) electrons. The lowest BCUT2D eigenvalue weighted by Gasteiger charge is -2.27. The van der Waals surface area contributed by atoms with E-state index in [1.807, 2.05) is 0 Å². The monoisotopic (exact) mass is 245 g/mol. The third-order valence-corrected chi connectivity index (χ3v) is 5.71. The van der Waals surface area contributed by atoms with Gasteiger partial charge in [0.1, 0.15) is 9.84 Å². The summed E-state index contributed by atoms with van der Waals surface area (Å²) in [5, 5.41) is 3.65. The van der Waals surface area contributed by atoms with Gasteiger partial charge >= 0.3 is 0 Å². The van der Waals surface area contributed by atoms with Crippen LogP contribution in [0.3, 0.4) is 0 Å². The first-order chi connectivity index (χ1) is 7.36. The molecule has 0 spiro atoms. The highest BCUT2D eigenvalue weighted by Crippen LogP contribution is 2.37. The topological polar surface area (TPSA) is 46.2 Å². The van der Waals surface area contributed by atoms with E-state index in [4.69, 9.17) is 0 Å². The zero-order chi connectivity index (χ0) is 11.8. The van der Waals surface area contributed by atoms with Crippen molar-refractivity contribution in [2.24, 2.45) is 5.41 Å². The van der Waals surface area contributed by atoms with E-state index < -0.39 is 9.84 Å². The molecule has 1 N–H and O–H groups in total. The van der Waals surface area contributed by atoms with Gasteiger partial charge in [0.25, 0.3) is 0 Å². The third-order valence-electron chi connectivity index (χ3n) is 3.99. The average molecular weight is 245 g/mol. The van der Waals surface area contributed by atoms with Crippen molar-refractivity contribution in [1.82, 2.24) is 5.32 Å². The van der Waals surface area contributed by atoms with Gasteiger partial charge in [0, 0.05) is 12.1 Å². The molecule has 2 rings (SSSR count). The van der Waals surface area contributed by atoms with Gasteiger partial charge < -0.3 is 5.32 Å². The molecule has 0 aromatic carbocycles. The third kappa shape index (κ3) is 3.20. The van der Waals surface area contributed by atoms with Gasteiger partial charge in [-0.15, -0.1) is 0 Å². The van der Waals surface area contributed by atoms with E-state index in [0.717, 1.165) is 12.8 Å². The molecule has 2 fully saturated rings. The summed E-state index contributed by atoms with van der Waals surface area (Å²) in [4.78, 5) is 0. The molecule has 1 unspecified atom stereocenters. The molecule has 1 saturated heterocycles. The van der Waals surface area contributed by atoms with E-state index in [0.29, 0.717) is 29.0 Å². The first kappa shape index (κ1) is 12.4. The Morgan fingerprint density at radius 2 is 1.69 bits per heavy atom. The van der Waals surface area contributed by atoms with Gasteiger partial charge in [0.05, 0.1) is 11.5 Å². The number of sulfone groups is 1. The highest BCUT2D eigenvalue weighted by Gasteiger charge is 2.33. The van der Waals surface area contributed by atoms with Crippen molar-refractivity contribution >= 4 is 9.84 Å². The van der Waals surface area contributed by atoms with Gasteiger partial charge in [-0.3, -0.25) is 0 Å². The first-order valence-electron chi connectivity index (χ1n) is 6.33. The van der Waals surface area contributed by atoms with E-state index in [1.165, 1.54) is 19.3 Å². The minimum Gasteiger partial charge on any atom is -0.311 e. The first-order valence-corrected chi connectivity index (χ1v) is 8.15. The van der Waals surface area contributed by atoms with Crippen molar-refractivity contribution in [3.05, 3.63) is 0 Å². The lowest BCUT2D eigenvalue weighted by atomic mass is 9.91. The van der Waals surface area contributed by atoms with Crippen LogP contribution < -0.4 is 5.32 Å². The van der Waals surface area contributed by atoms with Gasteiger partial charge in [-0.2, -0.15) is 0 Å². The summed E-state index contributed by atoms with van der Waals surface area (Å²) in [6.07, 6.45) is 5.38. The Kier molecular flexibility index (Phi) is 3.32. The molecule has 1 heterocycles. The van der Waals surface area contributed by atoms with Crippen molar-refractivity contribution in [3.63, 3.8) is 0 Å². The van der Waals surface area contributed by atoms with Gasteiger partial charge in [-0.1, -0.05) is 13.8 Å². The van der Waals surface area contributed by atoms with Crippen LogP contribution in [-0.4, -0.2) is 32.0 Å². The van der Waals surface area contributed by atoms with Crippen LogP contribution in [0.15, 0.2) is 0 Å². The van der Waals surface area contributed by atoms with Crippen LogP contribution in [0.5, 0.6) is 0 Å². The smallest absolute Gasteiger partial charge is 0.150 e. The molecule has 0 aromatic rings. The fourth-order valence-electron chi connectivity index (χ4n) is 2.97. The summed E-state index contributed by atoms with van der Waals surface area (Å²) in [6, 6.07) is 1.04. The van der Waals surface area contributed by atoms with Crippen LogP contribution >= 0.6 is 0 Å². The van der Waals surface area contributed by atoms with Crippen LogP contribution in [-0.2, 0) is 9.84 Å². The summed E-state index contributed by atoms with van der Waals surface area (Å²) in [5.74, 6) is 0.752. The largest absolute Gasteiger partial charge is 0.311 e. The van der Waals surface area contributed by atoms with E-state index >= 15 is 0 Å². The summed E-state index contributed by atoms with van der Waals surface area (Å²) in [6.45, 7) is 4.64. The number of nitrogens with one attached hydrogen (secondary N) is 1. The molecule has 0 amide bonds. The quantitative estimate of drug-likeness (QED) is 0.806. The highest BCUT2D eigenvalue weighted by atomic mass is 32.2. The Hall–Kier alpha value is -0.0900. The van der Waals surface area contributed by atoms with Crippen molar-refractivity contribution < 1.29 is 8.42 Å². The molecule has 1 saturated carbocycles. The molecular weight excluding hydrogens is 222 g/mol. The highest BCUT2D eigenvalue weighted by molar-refractivity contribution is 7.91. The lowest BCUT2D eigenvalue weighted by molar-refractivity contribution is 0.344. The van der Waals surface area contributed by atoms with Crippen LogP contribution in [0.1, 0.15) is 46.0 Å². The van der Waals surface area contributed by atoms with Crippen molar-refractivity contribution in [2.75, 3.05) is 11.5 Å². The zero-order valence-corrected chi connectivity index (χ0v) is 11.1. The number of rotatable bonds is 2. The average Bonchev–Trinajstić information content (AvgIpc) is 2.50. The molecule has 1 aliphatic heterocycles. The van der Waals surface area contributed by atoms with E-state index in [1.54, 1.807) is 0 Å². The summed E-state index contributed by atoms with van der Waals surface area (Å²) in [5.41, 5.74) is 0.471. The van der Waals surface area contributed by atoms with Gasteiger partial charge in [-0.05, 0) is 37.5 Å². The normalized spacial score (nSPS) is 34.0. The Morgan fingerprint density at radius 1 is 1.06 bits per heavy atom. The summed E-state index contributed by atoms with van der Waals surface area (Å²) < 4.78 is 22.6. The molecule has 0 aromatic heterocycles. The standard InChI is InChI=1S/C12H23NO2S/c1-12(2)6-3-11(9-12)13-10-4-7-16(14,15)8-5-10/h10-11,13H,3-9H2,1-2H3. The molecular formula is C12H23NO2S. The van der Waals surface area contributed by atoms with Gasteiger partial charge in [0.2, 0.25) is 0 Å². The second-order valence-electron chi connectivity index (χ2n) is 6.20. The summed E-state index contributed by atoms with van der Waals surface area (Å²) >= 11 is 0. The molecule has 3 nitrogen and oxygen atoms in total. The predicted molar refractivity (Wildman–Crippen MR) is 66.2 cm³/mol. The molecule has 94 valence electrons. The Labute approximate surface area is 98.9 Å². The second kappa shape index (κ2) is 4.30. The Morgan fingerprint density at radius 3 is 2.19 bits per heavy atom.